The second kappa shape index (κ2) is 2.01. The van der Waals surface area contributed by atoms with E-state index in [9.17, 15) is 0 Å². The van der Waals surface area contributed by atoms with E-state index >= 15 is 0 Å². The summed E-state index contributed by atoms with van der Waals surface area (Å²) in [6.07, 6.45) is 1.42. The fraction of sp³-hybridized carbons (Fsp3) is 0. The minimum atomic E-state index is 0.759. The van der Waals surface area contributed by atoms with Gasteiger partial charge in [-0.05, 0) is 12.1 Å². The van der Waals surface area contributed by atoms with E-state index < -0.39 is 0 Å². The van der Waals surface area contributed by atoms with Crippen LogP contribution in [0.5, 0.6) is 0 Å². The largest absolute Gasteiger partial charge is 0.443 e. The molecule has 2 aromatic heterocycles. The van der Waals surface area contributed by atoms with Crippen molar-refractivity contribution in [3.05, 3.63) is 18.5 Å². The summed E-state index contributed by atoms with van der Waals surface area (Å²) >= 11 is 1.19. The van der Waals surface area contributed by atoms with Crippen LogP contribution in [-0.4, -0.2) is 13.7 Å². The van der Waals surface area contributed by atoms with Crippen molar-refractivity contribution in [2.24, 2.45) is 0 Å². The van der Waals surface area contributed by atoms with E-state index in [-0.39, 0.29) is 0 Å². The van der Waals surface area contributed by atoms with E-state index in [1.165, 1.54) is 18.1 Å². The molecule has 0 aliphatic heterocycles. The van der Waals surface area contributed by atoms with E-state index in [0.29, 0.717) is 0 Å². The van der Waals surface area contributed by atoms with Gasteiger partial charge >= 0.3 is 0 Å². The van der Waals surface area contributed by atoms with Crippen molar-refractivity contribution in [2.45, 2.75) is 0 Å². The van der Waals surface area contributed by atoms with Gasteiger partial charge in [0.15, 0.2) is 12.0 Å². The number of oxazole rings is 1. The van der Waals surface area contributed by atoms with Crippen LogP contribution in [0.2, 0.25) is 0 Å². The predicted molar refractivity (Wildman–Crippen MR) is 45.0 cm³/mol. The van der Waals surface area contributed by atoms with Gasteiger partial charge in [-0.2, -0.15) is 8.75 Å². The molecule has 58 valence electrons. The van der Waals surface area contributed by atoms with Crippen molar-refractivity contribution >= 4 is 33.9 Å². The van der Waals surface area contributed by atoms with Gasteiger partial charge in [-0.15, -0.1) is 0 Å². The zero-order valence-corrected chi connectivity index (χ0v) is 6.71. The Labute approximate surface area is 71.2 Å². The molecule has 0 spiro atoms. The molecule has 0 N–H and O–H groups in total. The van der Waals surface area contributed by atoms with Crippen LogP contribution >= 0.6 is 11.7 Å². The van der Waals surface area contributed by atoms with Crippen LogP contribution in [-0.2, 0) is 0 Å². The maximum Gasteiger partial charge on any atom is 0.182 e. The Hall–Kier alpha value is -1.49. The molecule has 0 atom stereocenters. The zero-order valence-electron chi connectivity index (χ0n) is 5.89. The first-order valence-corrected chi connectivity index (χ1v) is 4.12. The molecule has 2 heterocycles. The maximum atomic E-state index is 5.12. The third-order valence-corrected chi connectivity index (χ3v) is 2.27. The van der Waals surface area contributed by atoms with Crippen LogP contribution in [0, 0.1) is 0 Å². The van der Waals surface area contributed by atoms with Crippen molar-refractivity contribution in [2.75, 3.05) is 0 Å². The standard InChI is InChI=1S/C7H3N3OS/c1-2-5-7(8-3-11-5)6-4(1)9-12-10-6/h1-3H. The molecular formula is C7H3N3OS. The van der Waals surface area contributed by atoms with Gasteiger partial charge in [-0.3, -0.25) is 0 Å². The van der Waals surface area contributed by atoms with E-state index in [1.54, 1.807) is 0 Å². The number of nitrogens with zero attached hydrogens (tertiary/aromatic N) is 3. The highest BCUT2D eigenvalue weighted by Crippen LogP contribution is 2.21. The van der Waals surface area contributed by atoms with Gasteiger partial charge < -0.3 is 4.42 Å². The Morgan fingerprint density at radius 1 is 1.17 bits per heavy atom. The van der Waals surface area contributed by atoms with Gasteiger partial charge in [-0.25, -0.2) is 4.98 Å². The lowest BCUT2D eigenvalue weighted by molar-refractivity contribution is 0.602. The summed E-state index contributed by atoms with van der Waals surface area (Å²) in [7, 11) is 0. The molecule has 0 aliphatic rings. The summed E-state index contributed by atoms with van der Waals surface area (Å²) < 4.78 is 13.3. The fourth-order valence-electron chi connectivity index (χ4n) is 1.18. The Balaban J connectivity index is 2.71. The van der Waals surface area contributed by atoms with Crippen LogP contribution in [0.1, 0.15) is 0 Å². The molecule has 0 unspecified atom stereocenters. The van der Waals surface area contributed by atoms with Gasteiger partial charge in [0.25, 0.3) is 0 Å². The summed E-state index contributed by atoms with van der Waals surface area (Å²) in [4.78, 5) is 4.06. The first-order valence-electron chi connectivity index (χ1n) is 3.39. The molecule has 0 radical (unpaired) electrons. The topological polar surface area (TPSA) is 51.8 Å². The molecule has 5 heteroatoms. The zero-order chi connectivity index (χ0) is 7.97. The Morgan fingerprint density at radius 2 is 2.17 bits per heavy atom. The lowest BCUT2D eigenvalue weighted by Gasteiger charge is -1.84. The second-order valence-corrected chi connectivity index (χ2v) is 2.93. The van der Waals surface area contributed by atoms with Gasteiger partial charge in [0.1, 0.15) is 16.6 Å². The molecular weight excluding hydrogens is 174 g/mol. The van der Waals surface area contributed by atoms with Crippen molar-refractivity contribution in [1.29, 1.82) is 0 Å². The average molecular weight is 177 g/mol. The molecule has 0 saturated heterocycles. The lowest BCUT2D eigenvalue weighted by atomic mass is 10.3. The quantitative estimate of drug-likeness (QED) is 0.525. The molecule has 0 bridgehead atoms. The number of rotatable bonds is 0. The minimum Gasteiger partial charge on any atom is -0.443 e. The Bertz CT molecular complexity index is 492. The lowest BCUT2D eigenvalue weighted by Crippen LogP contribution is -1.71. The average Bonchev–Trinajstić information content (AvgIpc) is 2.71. The number of benzene rings is 1. The number of aromatic nitrogens is 3. The first kappa shape index (κ1) is 6.07. The van der Waals surface area contributed by atoms with Crippen molar-refractivity contribution in [3.63, 3.8) is 0 Å². The van der Waals surface area contributed by atoms with Crippen molar-refractivity contribution in [1.82, 2.24) is 13.7 Å². The van der Waals surface area contributed by atoms with E-state index in [4.69, 9.17) is 4.42 Å². The monoisotopic (exact) mass is 177 g/mol. The Kier molecular flexibility index (Phi) is 1.02. The highest BCUT2D eigenvalue weighted by molar-refractivity contribution is 7.00. The number of fused-ring (bicyclic) bond motifs is 3. The van der Waals surface area contributed by atoms with Crippen LogP contribution in [0.4, 0.5) is 0 Å². The molecule has 0 amide bonds. The smallest absolute Gasteiger partial charge is 0.182 e. The normalized spacial score (nSPS) is 11.3. The third kappa shape index (κ3) is 0.634. The molecule has 0 aliphatic carbocycles. The molecule has 3 rings (SSSR count). The summed E-state index contributed by atoms with van der Waals surface area (Å²) in [6.45, 7) is 0. The minimum absolute atomic E-state index is 0.759. The SMILES string of the molecule is c1nc2c(ccc3nsnc32)o1. The van der Waals surface area contributed by atoms with Crippen LogP contribution in [0.3, 0.4) is 0 Å². The first-order chi connectivity index (χ1) is 5.95. The maximum absolute atomic E-state index is 5.12. The molecule has 12 heavy (non-hydrogen) atoms. The van der Waals surface area contributed by atoms with Gasteiger partial charge in [0, 0.05) is 0 Å². The molecule has 4 nitrogen and oxygen atoms in total. The summed E-state index contributed by atoms with van der Waals surface area (Å²) in [5, 5.41) is 0. The van der Waals surface area contributed by atoms with E-state index in [2.05, 4.69) is 13.7 Å². The van der Waals surface area contributed by atoms with Gasteiger partial charge in [0.2, 0.25) is 0 Å². The fourth-order valence-corrected chi connectivity index (χ4v) is 1.71. The van der Waals surface area contributed by atoms with E-state index in [0.717, 1.165) is 22.1 Å². The predicted octanol–water partition coefficient (Wildman–Crippen LogP) is 1.83. The highest BCUT2D eigenvalue weighted by Gasteiger charge is 2.06. The second-order valence-electron chi connectivity index (χ2n) is 2.40. The molecule has 0 fully saturated rings. The Morgan fingerprint density at radius 3 is 3.17 bits per heavy atom. The van der Waals surface area contributed by atoms with E-state index in [1.807, 2.05) is 12.1 Å². The third-order valence-electron chi connectivity index (χ3n) is 1.73. The molecule has 1 aromatic carbocycles. The van der Waals surface area contributed by atoms with Crippen molar-refractivity contribution < 1.29 is 4.42 Å². The van der Waals surface area contributed by atoms with Crippen molar-refractivity contribution in [3.8, 4) is 0 Å². The summed E-state index contributed by atoms with van der Waals surface area (Å²) in [6, 6.07) is 3.73. The van der Waals surface area contributed by atoms with Crippen LogP contribution < -0.4 is 0 Å². The molecule has 3 aromatic rings. The summed E-state index contributed by atoms with van der Waals surface area (Å²) in [5.41, 5.74) is 3.25. The summed E-state index contributed by atoms with van der Waals surface area (Å²) in [5.74, 6) is 0. The van der Waals surface area contributed by atoms with Crippen LogP contribution in [0.15, 0.2) is 22.9 Å². The van der Waals surface area contributed by atoms with Gasteiger partial charge in [-0.1, -0.05) is 0 Å². The molecule has 0 saturated carbocycles. The highest BCUT2D eigenvalue weighted by atomic mass is 32.1. The van der Waals surface area contributed by atoms with Gasteiger partial charge in [0.05, 0.1) is 11.7 Å². The number of hydrogen-bond donors (Lipinski definition) is 0. The number of hydrogen-bond acceptors (Lipinski definition) is 5. The van der Waals surface area contributed by atoms with Crippen LogP contribution in [0.25, 0.3) is 22.1 Å².